The summed E-state index contributed by atoms with van der Waals surface area (Å²) in [6.45, 7) is 6.80. The van der Waals surface area contributed by atoms with Crippen LogP contribution in [0.3, 0.4) is 0 Å². The second-order valence-electron chi connectivity index (χ2n) is 7.11. The number of carbonyl (C=O) groups excluding carboxylic acids is 1. The first-order chi connectivity index (χ1) is 9.53. The van der Waals surface area contributed by atoms with Crippen molar-refractivity contribution in [3.8, 4) is 0 Å². The van der Waals surface area contributed by atoms with Crippen molar-refractivity contribution in [3.05, 3.63) is 35.4 Å². The fourth-order valence-electron chi connectivity index (χ4n) is 4.24. The number of rotatable bonds is 2. The maximum absolute atomic E-state index is 12.1. The zero-order valence-electron chi connectivity index (χ0n) is 12.8. The Kier molecular flexibility index (Phi) is 3.35. The Labute approximate surface area is 122 Å². The zero-order chi connectivity index (χ0) is 14.3. The Balaban J connectivity index is 2.06. The van der Waals surface area contributed by atoms with E-state index >= 15 is 0 Å². The van der Waals surface area contributed by atoms with Gasteiger partial charge in [-0.25, -0.2) is 0 Å². The molecule has 1 saturated heterocycles. The molecule has 0 bridgehead atoms. The Morgan fingerprint density at radius 2 is 2.10 bits per heavy atom. The first-order valence-electron chi connectivity index (χ1n) is 7.91. The molecule has 2 aliphatic rings. The molecule has 3 atom stereocenters. The van der Waals surface area contributed by atoms with Gasteiger partial charge in [0.2, 0.25) is 5.91 Å². The van der Waals surface area contributed by atoms with E-state index in [9.17, 15) is 4.79 Å². The maximum atomic E-state index is 12.1. The molecule has 1 fully saturated rings. The van der Waals surface area contributed by atoms with Gasteiger partial charge in [-0.3, -0.25) is 4.79 Å². The lowest BCUT2D eigenvalue weighted by Gasteiger charge is -2.42. The van der Waals surface area contributed by atoms with Gasteiger partial charge in [0, 0.05) is 17.9 Å². The minimum atomic E-state index is 0.0461. The highest BCUT2D eigenvalue weighted by Crippen LogP contribution is 2.50. The van der Waals surface area contributed by atoms with Gasteiger partial charge in [-0.1, -0.05) is 45.0 Å². The summed E-state index contributed by atoms with van der Waals surface area (Å²) in [4.78, 5) is 12.1. The van der Waals surface area contributed by atoms with Gasteiger partial charge >= 0.3 is 0 Å². The lowest BCUT2D eigenvalue weighted by atomic mass is 9.62. The number of benzene rings is 1. The van der Waals surface area contributed by atoms with E-state index in [-0.39, 0.29) is 11.3 Å². The minimum absolute atomic E-state index is 0.0461. The van der Waals surface area contributed by atoms with Gasteiger partial charge in [0.25, 0.3) is 0 Å². The lowest BCUT2D eigenvalue weighted by molar-refractivity contribution is -0.119. The third-order valence-corrected chi connectivity index (χ3v) is 5.24. The van der Waals surface area contributed by atoms with Gasteiger partial charge in [-0.15, -0.1) is 0 Å². The molecule has 3 rings (SSSR count). The highest BCUT2D eigenvalue weighted by molar-refractivity contribution is 5.82. The number of hydrogen-bond acceptors (Lipinski definition) is 1. The normalized spacial score (nSPS) is 32.5. The lowest BCUT2D eigenvalue weighted by Crippen LogP contribution is -2.44. The molecule has 1 spiro atoms. The predicted molar refractivity (Wildman–Crippen MR) is 81.8 cm³/mol. The molecule has 2 nitrogen and oxygen atoms in total. The molecule has 0 aromatic heterocycles. The van der Waals surface area contributed by atoms with E-state index in [1.54, 1.807) is 0 Å². The van der Waals surface area contributed by atoms with Crippen LogP contribution in [0.2, 0.25) is 0 Å². The van der Waals surface area contributed by atoms with Crippen LogP contribution in [-0.4, -0.2) is 11.9 Å². The summed E-state index contributed by atoms with van der Waals surface area (Å²) in [7, 11) is 0. The Bertz CT molecular complexity index is 522. The Hall–Kier alpha value is -1.31. The summed E-state index contributed by atoms with van der Waals surface area (Å²) in [6, 6.07) is 9.10. The average molecular weight is 271 g/mol. The van der Waals surface area contributed by atoms with E-state index in [1.807, 2.05) is 0 Å². The van der Waals surface area contributed by atoms with Crippen molar-refractivity contribution in [1.82, 2.24) is 5.32 Å². The molecule has 1 heterocycles. The van der Waals surface area contributed by atoms with Crippen molar-refractivity contribution < 1.29 is 4.79 Å². The molecule has 1 amide bonds. The van der Waals surface area contributed by atoms with Crippen molar-refractivity contribution in [2.45, 2.75) is 63.8 Å². The highest BCUT2D eigenvalue weighted by atomic mass is 16.2. The van der Waals surface area contributed by atoms with Crippen LogP contribution in [0.1, 0.15) is 63.5 Å². The molecule has 0 saturated carbocycles. The number of hydrogen-bond donors (Lipinski definition) is 1. The largest absolute Gasteiger partial charge is 0.352 e. The van der Waals surface area contributed by atoms with Crippen LogP contribution in [0, 0.1) is 5.92 Å². The summed E-state index contributed by atoms with van der Waals surface area (Å²) in [5.41, 5.74) is 2.94. The predicted octanol–water partition coefficient (Wildman–Crippen LogP) is 3.76. The van der Waals surface area contributed by atoms with Crippen LogP contribution in [-0.2, 0) is 10.2 Å². The van der Waals surface area contributed by atoms with Gasteiger partial charge in [-0.2, -0.15) is 0 Å². The van der Waals surface area contributed by atoms with E-state index in [2.05, 4.69) is 50.4 Å². The van der Waals surface area contributed by atoms with E-state index < -0.39 is 0 Å². The second-order valence-corrected chi connectivity index (χ2v) is 7.11. The summed E-state index contributed by atoms with van der Waals surface area (Å²) < 4.78 is 0. The molecule has 108 valence electrons. The number of nitrogens with one attached hydrogen (secondary N) is 1. The summed E-state index contributed by atoms with van der Waals surface area (Å²) >= 11 is 0. The first kappa shape index (κ1) is 13.7. The zero-order valence-corrected chi connectivity index (χ0v) is 12.8. The van der Waals surface area contributed by atoms with Crippen molar-refractivity contribution in [2.24, 2.45) is 5.92 Å². The Morgan fingerprint density at radius 3 is 2.85 bits per heavy atom. The van der Waals surface area contributed by atoms with Gasteiger partial charge < -0.3 is 5.32 Å². The van der Waals surface area contributed by atoms with Gasteiger partial charge in [0.1, 0.15) is 0 Å². The van der Waals surface area contributed by atoms with Gasteiger partial charge in [-0.05, 0) is 42.2 Å². The highest BCUT2D eigenvalue weighted by Gasteiger charge is 2.50. The molecule has 3 unspecified atom stereocenters. The van der Waals surface area contributed by atoms with E-state index in [4.69, 9.17) is 0 Å². The molecule has 2 heteroatoms. The van der Waals surface area contributed by atoms with E-state index in [0.29, 0.717) is 24.3 Å². The second kappa shape index (κ2) is 4.91. The van der Waals surface area contributed by atoms with E-state index in [0.717, 1.165) is 12.8 Å². The van der Waals surface area contributed by atoms with E-state index in [1.165, 1.54) is 17.5 Å². The van der Waals surface area contributed by atoms with Crippen molar-refractivity contribution >= 4 is 5.91 Å². The molecule has 1 aliphatic carbocycles. The topological polar surface area (TPSA) is 29.1 Å². The molecule has 1 aromatic rings. The maximum Gasteiger partial charge on any atom is 0.221 e. The SMILES string of the molecule is CC(C)CC1NC(=O)CC12CCC(C)c1ccccc12. The van der Waals surface area contributed by atoms with Gasteiger partial charge in [0.05, 0.1) is 0 Å². The summed E-state index contributed by atoms with van der Waals surface area (Å²) in [5, 5.41) is 3.26. The number of carbonyl (C=O) groups is 1. The molecule has 20 heavy (non-hydrogen) atoms. The quantitative estimate of drug-likeness (QED) is 0.872. The standard InChI is InChI=1S/C18H25NO/c1-12(2)10-16-18(11-17(20)19-16)9-8-13(3)14-6-4-5-7-15(14)18/h4-7,12-13,16H,8-11H2,1-3H3,(H,19,20). The number of fused-ring (bicyclic) bond motifs is 2. The molecular formula is C18H25NO. The summed E-state index contributed by atoms with van der Waals surface area (Å²) in [5.74, 6) is 1.47. The molecule has 0 radical (unpaired) electrons. The van der Waals surface area contributed by atoms with Gasteiger partial charge in [0.15, 0.2) is 0 Å². The van der Waals surface area contributed by atoms with Crippen LogP contribution in [0.4, 0.5) is 0 Å². The Morgan fingerprint density at radius 1 is 1.35 bits per heavy atom. The van der Waals surface area contributed by atoms with Crippen molar-refractivity contribution in [1.29, 1.82) is 0 Å². The molecule has 1 N–H and O–H groups in total. The van der Waals surface area contributed by atoms with Crippen LogP contribution >= 0.6 is 0 Å². The molecule has 1 aliphatic heterocycles. The van der Waals surface area contributed by atoms with Crippen molar-refractivity contribution in [2.75, 3.05) is 0 Å². The average Bonchev–Trinajstić information content (AvgIpc) is 2.71. The fourth-order valence-corrected chi connectivity index (χ4v) is 4.24. The minimum Gasteiger partial charge on any atom is -0.352 e. The summed E-state index contributed by atoms with van der Waals surface area (Å²) in [6.07, 6.45) is 4.09. The molecule has 1 aromatic carbocycles. The number of amides is 1. The smallest absolute Gasteiger partial charge is 0.221 e. The third-order valence-electron chi connectivity index (χ3n) is 5.24. The first-order valence-corrected chi connectivity index (χ1v) is 7.91. The monoisotopic (exact) mass is 271 g/mol. The van der Waals surface area contributed by atoms with Crippen LogP contribution in [0.15, 0.2) is 24.3 Å². The van der Waals surface area contributed by atoms with Crippen LogP contribution in [0.25, 0.3) is 0 Å². The molecular weight excluding hydrogens is 246 g/mol. The van der Waals surface area contributed by atoms with Crippen molar-refractivity contribution in [3.63, 3.8) is 0 Å². The van der Waals surface area contributed by atoms with Crippen LogP contribution in [0.5, 0.6) is 0 Å². The van der Waals surface area contributed by atoms with Crippen LogP contribution < -0.4 is 5.32 Å². The fraction of sp³-hybridized carbons (Fsp3) is 0.611. The third kappa shape index (κ3) is 2.06.